The molecule has 0 bridgehead atoms. The van der Waals surface area contributed by atoms with Crippen LogP contribution in [-0.2, 0) is 0 Å². The number of hydrogen-bond acceptors (Lipinski definition) is 5. The standard InChI is InChI=1S/C22H20O5/c1-22(2)10-9-15-18(27-22)12-19-20(21(15)25-4)16(23)11-17(26-19)13-5-7-14(24-3)8-6-13/h5-12H,1-4H3. The van der Waals surface area contributed by atoms with E-state index in [1.807, 2.05) is 50.3 Å². The highest BCUT2D eigenvalue weighted by atomic mass is 16.5. The molecule has 4 rings (SSSR count). The fourth-order valence-electron chi connectivity index (χ4n) is 3.23. The maximum Gasteiger partial charge on any atom is 0.197 e. The maximum absolute atomic E-state index is 12.9. The van der Waals surface area contributed by atoms with Gasteiger partial charge in [0.1, 0.15) is 39.6 Å². The predicted molar refractivity (Wildman–Crippen MR) is 105 cm³/mol. The molecule has 2 aromatic carbocycles. The van der Waals surface area contributed by atoms with Crippen molar-refractivity contribution in [1.29, 1.82) is 0 Å². The molecule has 0 atom stereocenters. The summed E-state index contributed by atoms with van der Waals surface area (Å²) in [5.74, 6) is 2.30. The van der Waals surface area contributed by atoms with E-state index in [4.69, 9.17) is 18.6 Å². The van der Waals surface area contributed by atoms with Gasteiger partial charge in [-0.05, 0) is 50.3 Å². The van der Waals surface area contributed by atoms with Crippen LogP contribution < -0.4 is 19.6 Å². The molecule has 0 fully saturated rings. The zero-order valence-corrected chi connectivity index (χ0v) is 15.7. The van der Waals surface area contributed by atoms with E-state index in [9.17, 15) is 4.79 Å². The van der Waals surface area contributed by atoms with Crippen LogP contribution in [0.3, 0.4) is 0 Å². The summed E-state index contributed by atoms with van der Waals surface area (Å²) in [7, 11) is 3.15. The minimum atomic E-state index is -0.445. The first kappa shape index (κ1) is 17.2. The number of methoxy groups -OCH3 is 2. The van der Waals surface area contributed by atoms with Crippen molar-refractivity contribution in [2.75, 3.05) is 14.2 Å². The van der Waals surface area contributed by atoms with Crippen molar-refractivity contribution in [2.24, 2.45) is 0 Å². The van der Waals surface area contributed by atoms with E-state index >= 15 is 0 Å². The van der Waals surface area contributed by atoms with Gasteiger partial charge in [0.25, 0.3) is 0 Å². The van der Waals surface area contributed by atoms with Crippen LogP contribution in [0.25, 0.3) is 28.4 Å². The van der Waals surface area contributed by atoms with Crippen LogP contribution in [0.5, 0.6) is 17.2 Å². The van der Waals surface area contributed by atoms with Crippen LogP contribution in [0.2, 0.25) is 0 Å². The smallest absolute Gasteiger partial charge is 0.197 e. The molecule has 5 heteroatoms. The van der Waals surface area contributed by atoms with Crippen molar-refractivity contribution in [2.45, 2.75) is 19.4 Å². The van der Waals surface area contributed by atoms with Crippen LogP contribution in [0.4, 0.5) is 0 Å². The zero-order chi connectivity index (χ0) is 19.2. The molecule has 2 heterocycles. The van der Waals surface area contributed by atoms with Gasteiger partial charge in [0, 0.05) is 17.7 Å². The minimum absolute atomic E-state index is 0.167. The fraction of sp³-hybridized carbons (Fsp3) is 0.227. The molecule has 0 amide bonds. The molecular weight excluding hydrogens is 344 g/mol. The van der Waals surface area contributed by atoms with Gasteiger partial charge in [-0.1, -0.05) is 0 Å². The second kappa shape index (κ2) is 6.20. The van der Waals surface area contributed by atoms with Gasteiger partial charge < -0.3 is 18.6 Å². The molecule has 0 spiro atoms. The first-order valence-electron chi connectivity index (χ1n) is 8.63. The third-order valence-electron chi connectivity index (χ3n) is 4.58. The number of hydrogen-bond donors (Lipinski definition) is 0. The van der Waals surface area contributed by atoms with Crippen molar-refractivity contribution in [1.82, 2.24) is 0 Å². The highest BCUT2D eigenvalue weighted by molar-refractivity contribution is 5.92. The second-order valence-corrected chi connectivity index (χ2v) is 6.94. The number of benzene rings is 2. The molecule has 0 unspecified atom stereocenters. The van der Waals surface area contributed by atoms with Gasteiger partial charge in [-0.2, -0.15) is 0 Å². The van der Waals surface area contributed by atoms with Crippen LogP contribution in [0.15, 0.2) is 51.7 Å². The highest BCUT2D eigenvalue weighted by Gasteiger charge is 2.27. The third kappa shape index (κ3) is 2.95. The first-order valence-corrected chi connectivity index (χ1v) is 8.63. The molecule has 5 nitrogen and oxygen atoms in total. The van der Waals surface area contributed by atoms with Gasteiger partial charge in [0.15, 0.2) is 5.43 Å². The Balaban J connectivity index is 1.94. The van der Waals surface area contributed by atoms with Gasteiger partial charge in [-0.15, -0.1) is 0 Å². The molecule has 27 heavy (non-hydrogen) atoms. The van der Waals surface area contributed by atoms with Crippen LogP contribution in [0.1, 0.15) is 19.4 Å². The Hall–Kier alpha value is -3.21. The SMILES string of the molecule is COc1ccc(-c2cc(=O)c3c(OC)c4c(cc3o2)OC(C)(C)C=C4)cc1. The lowest BCUT2D eigenvalue weighted by Crippen LogP contribution is -2.27. The Morgan fingerprint density at radius 3 is 2.41 bits per heavy atom. The molecule has 0 aliphatic carbocycles. The average Bonchev–Trinajstić information content (AvgIpc) is 2.65. The Morgan fingerprint density at radius 2 is 1.74 bits per heavy atom. The lowest BCUT2D eigenvalue weighted by atomic mass is 9.99. The molecule has 1 aliphatic heterocycles. The summed E-state index contributed by atoms with van der Waals surface area (Å²) < 4.78 is 22.8. The summed E-state index contributed by atoms with van der Waals surface area (Å²) in [4.78, 5) is 12.9. The monoisotopic (exact) mass is 364 g/mol. The van der Waals surface area contributed by atoms with Gasteiger partial charge in [0.2, 0.25) is 0 Å². The summed E-state index contributed by atoms with van der Waals surface area (Å²) in [6.07, 6.45) is 3.87. The average molecular weight is 364 g/mol. The summed E-state index contributed by atoms with van der Waals surface area (Å²) in [6.45, 7) is 3.93. The molecule has 3 aromatic rings. The molecule has 0 N–H and O–H groups in total. The molecule has 0 saturated heterocycles. The normalized spacial score (nSPS) is 14.5. The lowest BCUT2D eigenvalue weighted by molar-refractivity contribution is 0.158. The van der Waals surface area contributed by atoms with E-state index in [0.29, 0.717) is 28.2 Å². The van der Waals surface area contributed by atoms with Gasteiger partial charge in [0.05, 0.1) is 19.8 Å². The third-order valence-corrected chi connectivity index (χ3v) is 4.58. The van der Waals surface area contributed by atoms with Gasteiger partial charge >= 0.3 is 0 Å². The molecule has 1 aromatic heterocycles. The van der Waals surface area contributed by atoms with Crippen LogP contribution in [-0.4, -0.2) is 19.8 Å². The maximum atomic E-state index is 12.9. The van der Waals surface area contributed by atoms with Gasteiger partial charge in [-0.25, -0.2) is 0 Å². The summed E-state index contributed by atoms with van der Waals surface area (Å²) >= 11 is 0. The molecule has 138 valence electrons. The van der Waals surface area contributed by atoms with Crippen molar-refractivity contribution >= 4 is 17.0 Å². The first-order chi connectivity index (χ1) is 12.9. The Labute approximate surface area is 156 Å². The minimum Gasteiger partial charge on any atom is -0.497 e. The Kier molecular flexibility index (Phi) is 3.95. The quantitative estimate of drug-likeness (QED) is 0.676. The van der Waals surface area contributed by atoms with Crippen molar-refractivity contribution in [3.05, 3.63) is 58.3 Å². The van der Waals surface area contributed by atoms with E-state index in [1.54, 1.807) is 20.3 Å². The summed E-state index contributed by atoms with van der Waals surface area (Å²) in [5, 5.41) is 0.404. The zero-order valence-electron chi connectivity index (χ0n) is 15.7. The molecule has 1 aliphatic rings. The second-order valence-electron chi connectivity index (χ2n) is 6.94. The van der Waals surface area contributed by atoms with Crippen molar-refractivity contribution in [3.8, 4) is 28.6 Å². The van der Waals surface area contributed by atoms with E-state index in [2.05, 4.69) is 0 Å². The van der Waals surface area contributed by atoms with Crippen LogP contribution in [0, 0.1) is 0 Å². The van der Waals surface area contributed by atoms with E-state index < -0.39 is 5.60 Å². The number of rotatable bonds is 3. The summed E-state index contributed by atoms with van der Waals surface area (Å²) in [5.41, 5.74) is 1.34. The highest BCUT2D eigenvalue weighted by Crippen LogP contribution is 2.41. The van der Waals surface area contributed by atoms with Crippen molar-refractivity contribution in [3.63, 3.8) is 0 Å². The van der Waals surface area contributed by atoms with E-state index in [0.717, 1.165) is 16.9 Å². The topological polar surface area (TPSA) is 57.9 Å². The van der Waals surface area contributed by atoms with E-state index in [-0.39, 0.29) is 5.43 Å². The van der Waals surface area contributed by atoms with Crippen LogP contribution >= 0.6 is 0 Å². The van der Waals surface area contributed by atoms with Gasteiger partial charge in [-0.3, -0.25) is 4.79 Å². The molecular formula is C22H20O5. The lowest BCUT2D eigenvalue weighted by Gasteiger charge is -2.28. The van der Waals surface area contributed by atoms with E-state index in [1.165, 1.54) is 6.07 Å². The molecule has 0 saturated carbocycles. The largest absolute Gasteiger partial charge is 0.497 e. The summed E-state index contributed by atoms with van der Waals surface area (Å²) in [6, 6.07) is 10.6. The molecule has 0 radical (unpaired) electrons. The van der Waals surface area contributed by atoms with Crippen molar-refractivity contribution < 1.29 is 18.6 Å². The Morgan fingerprint density at radius 1 is 1.00 bits per heavy atom. The Bertz CT molecular complexity index is 1100. The predicted octanol–water partition coefficient (Wildman–Crippen LogP) is 4.66. The number of ether oxygens (including phenoxy) is 3. The number of fused-ring (bicyclic) bond motifs is 2. The fourth-order valence-corrected chi connectivity index (χ4v) is 3.23.